The van der Waals surface area contributed by atoms with Gasteiger partial charge in [0.1, 0.15) is 0 Å². The van der Waals surface area contributed by atoms with Gasteiger partial charge in [-0.05, 0) is 39.3 Å². The van der Waals surface area contributed by atoms with Crippen molar-refractivity contribution in [3.63, 3.8) is 0 Å². The van der Waals surface area contributed by atoms with Gasteiger partial charge < -0.3 is 10.2 Å². The van der Waals surface area contributed by atoms with Gasteiger partial charge in [0.15, 0.2) is 0 Å². The Morgan fingerprint density at radius 1 is 1.42 bits per heavy atom. The van der Waals surface area contributed by atoms with Crippen LogP contribution in [0, 0.1) is 0 Å². The van der Waals surface area contributed by atoms with E-state index in [1.807, 2.05) is 0 Å². The van der Waals surface area contributed by atoms with Crippen molar-refractivity contribution in [3.8, 4) is 0 Å². The lowest BCUT2D eigenvalue weighted by molar-refractivity contribution is 0.429. The minimum Gasteiger partial charge on any atom is -0.315 e. The third-order valence-electron chi connectivity index (χ3n) is 2.74. The lowest BCUT2D eigenvalue weighted by atomic mass is 10.4. The fourth-order valence-electron chi connectivity index (χ4n) is 1.76. The van der Waals surface area contributed by atoms with Crippen LogP contribution in [0.15, 0.2) is 0 Å². The van der Waals surface area contributed by atoms with E-state index in [9.17, 15) is 0 Å². The number of hydrogen-bond donors (Lipinski definition) is 1. The minimum atomic E-state index is -0.136. The van der Waals surface area contributed by atoms with E-state index in [2.05, 4.69) is 38.2 Å². The highest BCUT2D eigenvalue weighted by atomic mass is 28.3. The van der Waals surface area contributed by atoms with Gasteiger partial charge in [-0.1, -0.05) is 13.8 Å². The Morgan fingerprint density at radius 2 is 2.08 bits per heavy atom. The van der Waals surface area contributed by atoms with Crippen LogP contribution in [0.5, 0.6) is 0 Å². The standard InChI is InChI=1S/C9H21N2Si/c1-9(2)10-5-7-12(9)8-6-11(3)4/h10H,5-8H2,1-4H3. The molecule has 0 amide bonds. The molecule has 0 aromatic rings. The SMILES string of the molecule is CN(C)CC[Si]1CCNC1(C)C. The van der Waals surface area contributed by atoms with Crippen molar-refractivity contribution in [2.24, 2.45) is 0 Å². The summed E-state index contributed by atoms with van der Waals surface area (Å²) in [5.41, 5.74) is 0. The lowest BCUT2D eigenvalue weighted by Crippen LogP contribution is -2.45. The van der Waals surface area contributed by atoms with E-state index in [4.69, 9.17) is 0 Å². The van der Waals surface area contributed by atoms with Crippen molar-refractivity contribution in [1.29, 1.82) is 0 Å². The van der Waals surface area contributed by atoms with E-state index in [1.165, 1.54) is 25.2 Å². The normalized spacial score (nSPS) is 23.8. The summed E-state index contributed by atoms with van der Waals surface area (Å²) in [6.45, 7) is 7.24. The summed E-state index contributed by atoms with van der Waals surface area (Å²) in [5, 5.41) is 4.07. The molecule has 71 valence electrons. The van der Waals surface area contributed by atoms with Crippen LogP contribution in [0.4, 0.5) is 0 Å². The summed E-state index contributed by atoms with van der Waals surface area (Å²) in [6, 6.07) is 2.88. The molecule has 0 spiro atoms. The molecule has 0 aliphatic carbocycles. The quantitative estimate of drug-likeness (QED) is 0.659. The van der Waals surface area contributed by atoms with Gasteiger partial charge in [-0.15, -0.1) is 0 Å². The maximum absolute atomic E-state index is 3.60. The molecule has 0 aromatic carbocycles. The molecule has 0 unspecified atom stereocenters. The Bertz CT molecular complexity index is 145. The van der Waals surface area contributed by atoms with Crippen molar-refractivity contribution >= 4 is 8.80 Å². The molecule has 12 heavy (non-hydrogen) atoms. The summed E-state index contributed by atoms with van der Waals surface area (Å²) in [6.07, 6.45) is 0. The van der Waals surface area contributed by atoms with Crippen LogP contribution in [-0.4, -0.2) is 46.0 Å². The smallest absolute Gasteiger partial charge is 0.0748 e. The Hall–Kier alpha value is 0.137. The largest absolute Gasteiger partial charge is 0.315 e. The van der Waals surface area contributed by atoms with Gasteiger partial charge in [0.25, 0.3) is 0 Å². The molecule has 2 nitrogen and oxygen atoms in total. The van der Waals surface area contributed by atoms with Crippen molar-refractivity contribution < 1.29 is 0 Å². The highest BCUT2D eigenvalue weighted by Crippen LogP contribution is 2.21. The summed E-state index contributed by atoms with van der Waals surface area (Å²) in [5.74, 6) is 0. The monoisotopic (exact) mass is 185 g/mol. The van der Waals surface area contributed by atoms with Crippen LogP contribution in [-0.2, 0) is 0 Å². The van der Waals surface area contributed by atoms with Crippen molar-refractivity contribution in [1.82, 2.24) is 10.2 Å². The van der Waals surface area contributed by atoms with Crippen LogP contribution >= 0.6 is 0 Å². The Morgan fingerprint density at radius 3 is 2.50 bits per heavy atom. The van der Waals surface area contributed by atoms with Crippen molar-refractivity contribution in [2.45, 2.75) is 31.1 Å². The van der Waals surface area contributed by atoms with Gasteiger partial charge in [0.2, 0.25) is 0 Å². The predicted molar refractivity (Wildman–Crippen MR) is 56.0 cm³/mol. The second-order valence-corrected chi connectivity index (χ2v) is 7.92. The first-order valence-electron chi connectivity index (χ1n) is 4.77. The Kier molecular flexibility index (Phi) is 3.32. The first-order valence-corrected chi connectivity index (χ1v) is 6.69. The third kappa shape index (κ3) is 2.57. The van der Waals surface area contributed by atoms with Crippen molar-refractivity contribution in [3.05, 3.63) is 0 Å². The topological polar surface area (TPSA) is 15.3 Å². The third-order valence-corrected chi connectivity index (χ3v) is 6.36. The molecule has 1 aliphatic heterocycles. The van der Waals surface area contributed by atoms with Crippen LogP contribution in [0.1, 0.15) is 13.8 Å². The average Bonchev–Trinajstić information content (AvgIpc) is 2.25. The molecule has 1 heterocycles. The molecule has 1 radical (unpaired) electrons. The second-order valence-electron chi connectivity index (χ2n) is 4.46. The first-order chi connectivity index (χ1) is 5.52. The predicted octanol–water partition coefficient (Wildman–Crippen LogP) is 0.964. The minimum absolute atomic E-state index is 0.136. The Labute approximate surface area is 77.9 Å². The molecule has 1 rings (SSSR count). The van der Waals surface area contributed by atoms with E-state index in [0.29, 0.717) is 5.16 Å². The maximum Gasteiger partial charge on any atom is 0.0748 e. The molecular formula is C9H21N2Si. The first kappa shape index (κ1) is 10.2. The molecular weight excluding hydrogens is 164 g/mol. The van der Waals surface area contributed by atoms with Crippen LogP contribution in [0.2, 0.25) is 12.1 Å². The molecule has 0 aromatic heterocycles. The highest BCUT2D eigenvalue weighted by molar-refractivity contribution is 6.63. The van der Waals surface area contributed by atoms with E-state index in [1.54, 1.807) is 0 Å². The van der Waals surface area contributed by atoms with Gasteiger partial charge in [-0.2, -0.15) is 0 Å². The van der Waals surface area contributed by atoms with E-state index >= 15 is 0 Å². The molecule has 1 fully saturated rings. The number of nitrogens with zero attached hydrogens (tertiary/aromatic N) is 1. The molecule has 1 saturated heterocycles. The molecule has 0 atom stereocenters. The second kappa shape index (κ2) is 3.90. The zero-order valence-electron chi connectivity index (χ0n) is 8.78. The fourth-order valence-corrected chi connectivity index (χ4v) is 4.78. The summed E-state index contributed by atoms with van der Waals surface area (Å²) in [7, 11) is 4.19. The lowest BCUT2D eigenvalue weighted by Gasteiger charge is -2.26. The van der Waals surface area contributed by atoms with Gasteiger partial charge in [-0.3, -0.25) is 0 Å². The summed E-state index contributed by atoms with van der Waals surface area (Å²) < 4.78 is 0. The zero-order chi connectivity index (χ0) is 9.19. The van der Waals surface area contributed by atoms with Gasteiger partial charge in [0, 0.05) is 5.16 Å². The Balaban J connectivity index is 2.32. The molecule has 1 aliphatic rings. The highest BCUT2D eigenvalue weighted by Gasteiger charge is 2.34. The fraction of sp³-hybridized carbons (Fsp3) is 1.00. The van der Waals surface area contributed by atoms with Gasteiger partial charge >= 0.3 is 0 Å². The van der Waals surface area contributed by atoms with Crippen LogP contribution < -0.4 is 5.32 Å². The molecule has 0 bridgehead atoms. The maximum atomic E-state index is 3.60. The average molecular weight is 185 g/mol. The van der Waals surface area contributed by atoms with Gasteiger partial charge in [0.05, 0.1) is 8.80 Å². The van der Waals surface area contributed by atoms with E-state index < -0.39 is 0 Å². The molecule has 1 N–H and O–H groups in total. The van der Waals surface area contributed by atoms with E-state index in [0.717, 1.165) is 0 Å². The van der Waals surface area contributed by atoms with Gasteiger partial charge in [-0.25, -0.2) is 0 Å². The van der Waals surface area contributed by atoms with Crippen molar-refractivity contribution in [2.75, 3.05) is 27.2 Å². The summed E-state index contributed by atoms with van der Waals surface area (Å²) >= 11 is 0. The van der Waals surface area contributed by atoms with E-state index in [-0.39, 0.29) is 8.80 Å². The number of nitrogens with one attached hydrogen (secondary N) is 1. The number of rotatable bonds is 3. The molecule has 0 saturated carbocycles. The zero-order valence-corrected chi connectivity index (χ0v) is 9.78. The van der Waals surface area contributed by atoms with Crippen LogP contribution in [0.3, 0.4) is 0 Å². The molecule has 3 heteroatoms. The van der Waals surface area contributed by atoms with Crippen LogP contribution in [0.25, 0.3) is 0 Å². The number of hydrogen-bond acceptors (Lipinski definition) is 2. The summed E-state index contributed by atoms with van der Waals surface area (Å²) in [4.78, 5) is 2.30.